The van der Waals surface area contributed by atoms with Crippen LogP contribution in [0.15, 0.2) is 0 Å². The van der Waals surface area contributed by atoms with Gasteiger partial charge in [0.1, 0.15) is 0 Å². The van der Waals surface area contributed by atoms with E-state index in [9.17, 15) is 8.42 Å². The summed E-state index contributed by atoms with van der Waals surface area (Å²) in [6, 6.07) is 0.312. The van der Waals surface area contributed by atoms with Crippen molar-refractivity contribution in [1.82, 2.24) is 29.8 Å². The van der Waals surface area contributed by atoms with Crippen LogP contribution in [-0.2, 0) is 23.6 Å². The van der Waals surface area contributed by atoms with Crippen molar-refractivity contribution in [2.75, 3.05) is 19.3 Å². The van der Waals surface area contributed by atoms with Gasteiger partial charge in [0.05, 0.1) is 19.8 Å². The fourth-order valence-electron chi connectivity index (χ4n) is 2.02. The van der Waals surface area contributed by atoms with Crippen LogP contribution in [0, 0.1) is 0 Å². The van der Waals surface area contributed by atoms with Gasteiger partial charge >= 0.3 is 0 Å². The molecule has 0 saturated carbocycles. The van der Waals surface area contributed by atoms with E-state index in [4.69, 9.17) is 0 Å². The van der Waals surface area contributed by atoms with Crippen LogP contribution in [0.1, 0.15) is 18.7 Å². The van der Waals surface area contributed by atoms with Crippen molar-refractivity contribution in [3.05, 3.63) is 5.82 Å². The molecule has 0 aromatic carbocycles. The Bertz CT molecular complexity index is 491. The molecule has 0 bridgehead atoms. The van der Waals surface area contributed by atoms with Crippen molar-refractivity contribution in [3.63, 3.8) is 0 Å². The molecule has 1 saturated heterocycles. The smallest absolute Gasteiger partial charge is 0.211 e. The number of aryl methyl sites for hydroxylation is 1. The lowest BCUT2D eigenvalue weighted by molar-refractivity contribution is 0.288. The molecule has 0 aliphatic carbocycles. The number of nitrogens with zero attached hydrogens (tertiary/aromatic N) is 5. The van der Waals surface area contributed by atoms with E-state index >= 15 is 0 Å². The Morgan fingerprint density at radius 3 is 2.56 bits per heavy atom. The fraction of sp³-hybridized carbons (Fsp3) is 0.889. The number of rotatable bonds is 4. The highest BCUT2D eigenvalue weighted by Gasteiger charge is 2.24. The molecular formula is C9H18N6O2S. The molecule has 1 aromatic rings. The van der Waals surface area contributed by atoms with E-state index in [0.29, 0.717) is 31.5 Å². The number of sulfonamides is 1. The van der Waals surface area contributed by atoms with Gasteiger partial charge in [0.25, 0.3) is 0 Å². The summed E-state index contributed by atoms with van der Waals surface area (Å²) >= 11 is 0. The minimum atomic E-state index is -3.05. The predicted octanol–water partition coefficient (Wildman–Crippen LogP) is -1.28. The first kappa shape index (κ1) is 13.4. The maximum Gasteiger partial charge on any atom is 0.211 e. The predicted molar refractivity (Wildman–Crippen MR) is 65.1 cm³/mol. The third-order valence-electron chi connectivity index (χ3n) is 3.02. The Balaban J connectivity index is 1.77. The van der Waals surface area contributed by atoms with E-state index in [0.717, 1.165) is 12.8 Å². The monoisotopic (exact) mass is 274 g/mol. The second kappa shape index (κ2) is 5.29. The van der Waals surface area contributed by atoms with Crippen LogP contribution < -0.4 is 5.32 Å². The lowest BCUT2D eigenvalue weighted by Crippen LogP contribution is -2.44. The molecule has 2 rings (SSSR count). The summed E-state index contributed by atoms with van der Waals surface area (Å²) in [6.45, 7) is 1.71. The average Bonchev–Trinajstić information content (AvgIpc) is 2.72. The normalized spacial score (nSPS) is 19.2. The highest BCUT2D eigenvalue weighted by atomic mass is 32.2. The summed E-state index contributed by atoms with van der Waals surface area (Å²) < 4.78 is 24.2. The molecule has 9 heteroatoms. The first-order chi connectivity index (χ1) is 8.45. The van der Waals surface area contributed by atoms with Crippen LogP contribution in [0.3, 0.4) is 0 Å². The number of hydrogen-bond acceptors (Lipinski definition) is 6. The largest absolute Gasteiger partial charge is 0.307 e. The number of aromatic nitrogens is 4. The molecule has 18 heavy (non-hydrogen) atoms. The molecule has 0 atom stereocenters. The van der Waals surface area contributed by atoms with E-state index < -0.39 is 10.0 Å². The van der Waals surface area contributed by atoms with Crippen LogP contribution in [0.4, 0.5) is 0 Å². The standard InChI is InChI=1S/C9H18N6O2S/c1-14-12-9(11-13-14)7-10-8-3-5-15(6-4-8)18(2,16)17/h8,10H,3-7H2,1-2H3. The number of tetrazole rings is 1. The van der Waals surface area contributed by atoms with Crippen molar-refractivity contribution in [3.8, 4) is 0 Å². The zero-order valence-electron chi connectivity index (χ0n) is 10.6. The zero-order valence-corrected chi connectivity index (χ0v) is 11.4. The molecule has 0 unspecified atom stereocenters. The molecule has 2 heterocycles. The van der Waals surface area contributed by atoms with Gasteiger partial charge in [-0.1, -0.05) is 0 Å². The second-order valence-corrected chi connectivity index (χ2v) is 6.49. The van der Waals surface area contributed by atoms with E-state index in [2.05, 4.69) is 20.7 Å². The van der Waals surface area contributed by atoms with Crippen LogP contribution in [0.25, 0.3) is 0 Å². The number of piperidine rings is 1. The van der Waals surface area contributed by atoms with Gasteiger partial charge in [0, 0.05) is 19.1 Å². The van der Waals surface area contributed by atoms with E-state index in [1.165, 1.54) is 15.4 Å². The molecule has 1 aliphatic rings. The quantitative estimate of drug-likeness (QED) is 0.735. The topological polar surface area (TPSA) is 93.0 Å². The molecule has 8 nitrogen and oxygen atoms in total. The van der Waals surface area contributed by atoms with Gasteiger partial charge in [-0.25, -0.2) is 12.7 Å². The van der Waals surface area contributed by atoms with Gasteiger partial charge in [-0.05, 0) is 18.1 Å². The summed E-state index contributed by atoms with van der Waals surface area (Å²) in [7, 11) is -1.32. The third-order valence-corrected chi connectivity index (χ3v) is 4.32. The minimum absolute atomic E-state index is 0.312. The third kappa shape index (κ3) is 3.47. The molecule has 1 aliphatic heterocycles. The van der Waals surface area contributed by atoms with Gasteiger partial charge in [-0.3, -0.25) is 0 Å². The molecular weight excluding hydrogens is 256 g/mol. The van der Waals surface area contributed by atoms with E-state index in [1.807, 2.05) is 0 Å². The fourth-order valence-corrected chi connectivity index (χ4v) is 2.90. The molecule has 0 spiro atoms. The molecule has 1 fully saturated rings. The van der Waals surface area contributed by atoms with Crippen molar-refractivity contribution in [2.24, 2.45) is 7.05 Å². The van der Waals surface area contributed by atoms with E-state index in [-0.39, 0.29) is 0 Å². The Hall–Kier alpha value is -1.06. The maximum atomic E-state index is 11.3. The first-order valence-electron chi connectivity index (χ1n) is 5.86. The maximum absolute atomic E-state index is 11.3. The summed E-state index contributed by atoms with van der Waals surface area (Å²) in [4.78, 5) is 1.42. The Labute approximate surface area is 106 Å². The minimum Gasteiger partial charge on any atom is -0.307 e. The van der Waals surface area contributed by atoms with Gasteiger partial charge in [0.15, 0.2) is 5.82 Å². The molecule has 1 aromatic heterocycles. The SMILES string of the molecule is Cn1nnc(CNC2CCN(S(C)(=O)=O)CC2)n1. The molecule has 1 N–H and O–H groups in total. The average molecular weight is 274 g/mol. The molecule has 0 amide bonds. The summed E-state index contributed by atoms with van der Waals surface area (Å²) in [6.07, 6.45) is 2.88. The summed E-state index contributed by atoms with van der Waals surface area (Å²) in [5.41, 5.74) is 0. The van der Waals surface area contributed by atoms with Crippen LogP contribution >= 0.6 is 0 Å². The van der Waals surface area contributed by atoms with Gasteiger partial charge < -0.3 is 5.32 Å². The van der Waals surface area contributed by atoms with E-state index in [1.54, 1.807) is 7.05 Å². The second-order valence-electron chi connectivity index (χ2n) is 4.51. The van der Waals surface area contributed by atoms with Crippen molar-refractivity contribution >= 4 is 10.0 Å². The Morgan fingerprint density at radius 1 is 1.39 bits per heavy atom. The summed E-state index contributed by atoms with van der Waals surface area (Å²) in [5, 5.41) is 15.0. The Kier molecular flexibility index (Phi) is 3.93. The van der Waals surface area contributed by atoms with Crippen LogP contribution in [0.5, 0.6) is 0 Å². The van der Waals surface area contributed by atoms with Gasteiger partial charge in [-0.15, -0.1) is 10.2 Å². The van der Waals surface area contributed by atoms with Crippen molar-refractivity contribution in [1.29, 1.82) is 0 Å². The highest BCUT2D eigenvalue weighted by molar-refractivity contribution is 7.88. The highest BCUT2D eigenvalue weighted by Crippen LogP contribution is 2.13. The molecule has 102 valence electrons. The Morgan fingerprint density at radius 2 is 2.06 bits per heavy atom. The first-order valence-corrected chi connectivity index (χ1v) is 7.71. The number of hydrogen-bond donors (Lipinski definition) is 1. The van der Waals surface area contributed by atoms with Gasteiger partial charge in [-0.2, -0.15) is 4.80 Å². The van der Waals surface area contributed by atoms with Crippen LogP contribution in [-0.4, -0.2) is 58.3 Å². The lowest BCUT2D eigenvalue weighted by atomic mass is 10.1. The molecule has 0 radical (unpaired) electrons. The van der Waals surface area contributed by atoms with Gasteiger partial charge in [0.2, 0.25) is 10.0 Å². The summed E-state index contributed by atoms with van der Waals surface area (Å²) in [5.74, 6) is 0.656. The number of nitrogens with one attached hydrogen (secondary N) is 1. The lowest BCUT2D eigenvalue weighted by Gasteiger charge is -2.30. The van der Waals surface area contributed by atoms with Crippen molar-refractivity contribution < 1.29 is 8.42 Å². The zero-order chi connectivity index (χ0) is 13.2. The van der Waals surface area contributed by atoms with Crippen LogP contribution in [0.2, 0.25) is 0 Å². The van der Waals surface area contributed by atoms with Crippen molar-refractivity contribution in [2.45, 2.75) is 25.4 Å².